The van der Waals surface area contributed by atoms with E-state index in [4.69, 9.17) is 40.2 Å². The Morgan fingerprint density at radius 2 is 1.04 bits per heavy atom. The number of rotatable bonds is 3. The molecule has 5 heterocycles. The van der Waals surface area contributed by atoms with Gasteiger partial charge in [-0.1, -0.05) is 84.9 Å². The molecule has 262 valence electrons. The molecule has 2 aliphatic heterocycles. The predicted molar refractivity (Wildman–Crippen MR) is 204 cm³/mol. The molecule has 0 fully saturated rings. The number of aromatic amines is 2. The van der Waals surface area contributed by atoms with E-state index in [1.165, 1.54) is 5.06 Å². The zero-order chi connectivity index (χ0) is 36.4. The molecule has 13 nitrogen and oxygen atoms in total. The van der Waals surface area contributed by atoms with Crippen molar-refractivity contribution >= 4 is 56.1 Å². The third-order valence-corrected chi connectivity index (χ3v) is 9.10. The second kappa shape index (κ2) is 13.5. The fraction of sp³-hybridized carbons (Fsp3) is 0.150. The number of fused-ring (bicyclic) bond motifs is 20. The monoisotopic (exact) mass is 763 g/mol. The maximum absolute atomic E-state index is 14.1. The zero-order valence-corrected chi connectivity index (χ0v) is 32.9. The number of nitrogens with zero attached hydrogens (tertiary/aromatic N) is 7. The zero-order valence-electron chi connectivity index (χ0n) is 30.0. The summed E-state index contributed by atoms with van der Waals surface area (Å²) in [6, 6.07) is 28.5. The van der Waals surface area contributed by atoms with Crippen molar-refractivity contribution < 1.29 is 29.1 Å². The van der Waals surface area contributed by atoms with E-state index in [-0.39, 0.29) is 43.1 Å². The largest absolute Gasteiger partial charge is 0.364 e. The smallest absolute Gasteiger partial charge is 0.352 e. The molecule has 7 aromatic rings. The minimum absolute atomic E-state index is 0. The minimum atomic E-state index is -0.657. The molecule has 0 saturated carbocycles. The van der Waals surface area contributed by atoms with Crippen LogP contribution < -0.4 is 5.32 Å². The SMILES string of the molecule is CC(C)NC(=N)N(OC(=O)c1cccc2c3nc4nc(nc5[nH]c(nc6nc(nc([nH]3)c12)-c1ccccc1-6)c1ccccc51)-c1ccccc1-4)C(C)C.[Zn]. The topological polar surface area (TPSA) is 174 Å². The number of carbonyl (C=O) groups excluding carboxylic acids is 1. The van der Waals surface area contributed by atoms with Crippen molar-refractivity contribution in [1.29, 1.82) is 5.41 Å². The van der Waals surface area contributed by atoms with Crippen LogP contribution in [0.5, 0.6) is 0 Å². The molecule has 2 aliphatic rings. The van der Waals surface area contributed by atoms with Crippen LogP contribution in [0, 0.1) is 5.41 Å². The molecule has 0 radical (unpaired) electrons. The number of hydrogen-bond acceptors (Lipinski definition) is 9. The van der Waals surface area contributed by atoms with Crippen LogP contribution in [0.25, 0.3) is 89.7 Å². The van der Waals surface area contributed by atoms with Gasteiger partial charge in [0.25, 0.3) is 0 Å². The molecule has 9 rings (SSSR count). The molecule has 0 aliphatic carbocycles. The number of guanidine groups is 1. The van der Waals surface area contributed by atoms with Gasteiger partial charge in [-0.25, -0.2) is 34.7 Å². The first-order chi connectivity index (χ1) is 25.7. The Bertz CT molecular complexity index is 2820. The molecule has 8 bridgehead atoms. The van der Waals surface area contributed by atoms with Crippen molar-refractivity contribution in [2.45, 2.75) is 39.8 Å². The molecule has 0 saturated heterocycles. The standard InChI is InChI=1S/C40H33N11O2.Zn/c1-20(2)42-40(41)51(21(3)4)53-39(52)29-19-11-18-28-30(29)38-49-36-27-17-10-9-16-26(27)34(47-36)45-32-23-13-6-5-12-22(23)31(43-32)44-33-24-14-7-8-15-25(24)35(46-33)48-37(28)50-38;/h5-21H,1-4H3,(H2,41,42)(H2,43,44,45,46,47,48,49,50);. The Balaban J connectivity index is 0.00000413. The summed E-state index contributed by atoms with van der Waals surface area (Å²) in [6.45, 7) is 7.52. The summed E-state index contributed by atoms with van der Waals surface area (Å²) in [5, 5.41) is 15.7. The van der Waals surface area contributed by atoms with Crippen molar-refractivity contribution in [3.8, 4) is 45.6 Å². The van der Waals surface area contributed by atoms with Crippen molar-refractivity contribution in [1.82, 2.24) is 50.3 Å². The molecular formula is C40H33N11O2Zn. The third-order valence-electron chi connectivity index (χ3n) is 9.10. The van der Waals surface area contributed by atoms with Gasteiger partial charge in [-0.3, -0.25) is 5.41 Å². The fourth-order valence-corrected chi connectivity index (χ4v) is 6.75. The van der Waals surface area contributed by atoms with E-state index < -0.39 is 5.97 Å². The summed E-state index contributed by atoms with van der Waals surface area (Å²) < 4.78 is 0. The van der Waals surface area contributed by atoms with Crippen molar-refractivity contribution in [2.24, 2.45) is 0 Å². The summed E-state index contributed by atoms with van der Waals surface area (Å²) in [5.74, 6) is 1.16. The normalized spacial score (nSPS) is 11.7. The van der Waals surface area contributed by atoms with Crippen LogP contribution in [-0.2, 0) is 24.3 Å². The average Bonchev–Trinajstić information content (AvgIpc) is 3.89. The van der Waals surface area contributed by atoms with Crippen LogP contribution in [0.15, 0.2) is 91.0 Å². The number of carbonyl (C=O) groups is 1. The van der Waals surface area contributed by atoms with Crippen LogP contribution >= 0.6 is 0 Å². The molecule has 0 amide bonds. The molecule has 0 atom stereocenters. The Morgan fingerprint density at radius 3 is 1.52 bits per heavy atom. The van der Waals surface area contributed by atoms with E-state index in [0.29, 0.717) is 56.7 Å². The molecule has 14 heteroatoms. The van der Waals surface area contributed by atoms with Crippen LogP contribution in [0.2, 0.25) is 0 Å². The van der Waals surface area contributed by atoms with Crippen molar-refractivity contribution in [2.75, 3.05) is 0 Å². The maximum atomic E-state index is 14.1. The summed E-state index contributed by atoms with van der Waals surface area (Å²) in [6.07, 6.45) is 0. The molecule has 3 aromatic heterocycles. The Labute approximate surface area is 321 Å². The second-order valence-corrected chi connectivity index (χ2v) is 13.4. The van der Waals surface area contributed by atoms with Gasteiger partial charge in [-0.05, 0) is 33.8 Å². The summed E-state index contributed by atoms with van der Waals surface area (Å²) in [4.78, 5) is 56.9. The van der Waals surface area contributed by atoms with E-state index in [9.17, 15) is 4.79 Å². The first kappa shape index (κ1) is 34.7. The van der Waals surface area contributed by atoms with Crippen LogP contribution in [0.1, 0.15) is 38.1 Å². The van der Waals surface area contributed by atoms with Gasteiger partial charge in [0.15, 0.2) is 23.3 Å². The molecule has 4 aromatic carbocycles. The van der Waals surface area contributed by atoms with E-state index >= 15 is 0 Å². The third kappa shape index (κ3) is 5.84. The fourth-order valence-electron chi connectivity index (χ4n) is 6.75. The van der Waals surface area contributed by atoms with Gasteiger partial charge < -0.3 is 20.1 Å². The van der Waals surface area contributed by atoms with Gasteiger partial charge in [0.05, 0.1) is 11.6 Å². The molecule has 0 unspecified atom stereocenters. The van der Waals surface area contributed by atoms with Gasteiger partial charge in [0.1, 0.15) is 22.6 Å². The second-order valence-electron chi connectivity index (χ2n) is 13.4. The van der Waals surface area contributed by atoms with Gasteiger partial charge in [-0.2, -0.15) is 5.06 Å². The number of aromatic nitrogens is 8. The van der Waals surface area contributed by atoms with E-state index in [1.54, 1.807) is 12.1 Å². The first-order valence-corrected chi connectivity index (χ1v) is 17.3. The van der Waals surface area contributed by atoms with E-state index in [2.05, 4.69) is 15.3 Å². The number of hydrogen-bond donors (Lipinski definition) is 4. The maximum Gasteiger partial charge on any atom is 0.364 e. The average molecular weight is 765 g/mol. The summed E-state index contributed by atoms with van der Waals surface area (Å²) in [5.41, 5.74) is 5.49. The van der Waals surface area contributed by atoms with Gasteiger partial charge in [0, 0.05) is 69.3 Å². The first-order valence-electron chi connectivity index (χ1n) is 17.3. The van der Waals surface area contributed by atoms with Crippen LogP contribution in [-0.4, -0.2) is 68.9 Å². The van der Waals surface area contributed by atoms with E-state index in [0.717, 1.165) is 33.0 Å². The quantitative estimate of drug-likeness (QED) is 0.0608. The van der Waals surface area contributed by atoms with E-state index in [1.807, 2.05) is 107 Å². The Morgan fingerprint density at radius 1 is 0.611 bits per heavy atom. The van der Waals surface area contributed by atoms with Crippen molar-refractivity contribution in [3.05, 3.63) is 96.6 Å². The predicted octanol–water partition coefficient (Wildman–Crippen LogP) is 7.58. The van der Waals surface area contributed by atoms with Gasteiger partial charge in [-0.15, -0.1) is 0 Å². The number of H-pyrrole nitrogens is 2. The molecule has 0 spiro atoms. The van der Waals surface area contributed by atoms with Gasteiger partial charge in [0.2, 0.25) is 5.96 Å². The van der Waals surface area contributed by atoms with Crippen LogP contribution in [0.3, 0.4) is 0 Å². The number of nitrogens with one attached hydrogen (secondary N) is 4. The summed E-state index contributed by atoms with van der Waals surface area (Å²) in [7, 11) is 0. The van der Waals surface area contributed by atoms with Crippen LogP contribution in [0.4, 0.5) is 0 Å². The minimum Gasteiger partial charge on any atom is -0.352 e. The molecule has 54 heavy (non-hydrogen) atoms. The Hall–Kier alpha value is -6.40. The molecular weight excluding hydrogens is 732 g/mol. The molecule has 4 N–H and O–H groups in total. The van der Waals surface area contributed by atoms with Crippen molar-refractivity contribution in [3.63, 3.8) is 0 Å². The number of hydroxylamine groups is 2. The van der Waals surface area contributed by atoms with Gasteiger partial charge >= 0.3 is 5.97 Å². The Kier molecular flexibility index (Phi) is 8.70. The number of benzene rings is 4. The summed E-state index contributed by atoms with van der Waals surface area (Å²) >= 11 is 0.